The fraction of sp³-hybridized carbons (Fsp3) is 0.0385. The van der Waals surface area contributed by atoms with Crippen molar-refractivity contribution in [3.05, 3.63) is 112 Å². The summed E-state index contributed by atoms with van der Waals surface area (Å²) in [6.45, 7) is 1.68. The molecule has 0 spiro atoms. The molecule has 196 valence electrons. The summed E-state index contributed by atoms with van der Waals surface area (Å²) in [5.41, 5.74) is 1.76. The molecular formula is C26H21Cl2N3O5S2. The highest BCUT2D eigenvalue weighted by Gasteiger charge is 2.17. The Bertz CT molecular complexity index is 1690. The van der Waals surface area contributed by atoms with E-state index in [0.717, 1.165) is 0 Å². The molecule has 0 saturated heterocycles. The van der Waals surface area contributed by atoms with Gasteiger partial charge in [-0.15, -0.1) is 0 Å². The van der Waals surface area contributed by atoms with Gasteiger partial charge >= 0.3 is 0 Å². The normalized spacial score (nSPS) is 11.6. The number of anilines is 3. The van der Waals surface area contributed by atoms with Crippen LogP contribution >= 0.6 is 23.2 Å². The number of sulfonamides is 2. The first-order valence-corrected chi connectivity index (χ1v) is 14.7. The lowest BCUT2D eigenvalue weighted by molar-refractivity contribution is 0.102. The van der Waals surface area contributed by atoms with Crippen LogP contribution < -0.4 is 14.8 Å². The Morgan fingerprint density at radius 2 is 1.24 bits per heavy atom. The first kappa shape index (κ1) is 27.5. The summed E-state index contributed by atoms with van der Waals surface area (Å²) in [5, 5.41) is 3.26. The van der Waals surface area contributed by atoms with Crippen LogP contribution in [0.15, 0.2) is 101 Å². The number of nitrogens with one attached hydrogen (secondary N) is 3. The van der Waals surface area contributed by atoms with Crippen molar-refractivity contribution in [2.45, 2.75) is 16.7 Å². The van der Waals surface area contributed by atoms with E-state index in [4.69, 9.17) is 23.2 Å². The topological polar surface area (TPSA) is 121 Å². The van der Waals surface area contributed by atoms with Gasteiger partial charge in [0.1, 0.15) is 0 Å². The van der Waals surface area contributed by atoms with Crippen molar-refractivity contribution in [2.75, 3.05) is 14.8 Å². The molecule has 4 rings (SSSR count). The summed E-state index contributed by atoms with van der Waals surface area (Å²) in [4.78, 5) is 12.9. The van der Waals surface area contributed by atoms with Crippen LogP contribution in [0.4, 0.5) is 17.1 Å². The highest BCUT2D eigenvalue weighted by molar-refractivity contribution is 7.93. The molecule has 12 heteroatoms. The molecule has 4 aromatic carbocycles. The van der Waals surface area contributed by atoms with E-state index in [2.05, 4.69) is 14.8 Å². The van der Waals surface area contributed by atoms with Gasteiger partial charge in [0, 0.05) is 21.3 Å². The zero-order chi connectivity index (χ0) is 27.5. The van der Waals surface area contributed by atoms with Crippen LogP contribution in [-0.2, 0) is 20.0 Å². The van der Waals surface area contributed by atoms with Crippen LogP contribution in [-0.4, -0.2) is 22.7 Å². The van der Waals surface area contributed by atoms with Crippen molar-refractivity contribution in [1.82, 2.24) is 0 Å². The highest BCUT2D eigenvalue weighted by atomic mass is 35.5. The minimum atomic E-state index is -3.93. The molecule has 0 radical (unpaired) electrons. The molecule has 3 N–H and O–H groups in total. The summed E-state index contributed by atoms with van der Waals surface area (Å²) < 4.78 is 55.5. The maximum Gasteiger partial charge on any atom is 0.261 e. The lowest BCUT2D eigenvalue weighted by atomic mass is 10.1. The molecular weight excluding hydrogens is 569 g/mol. The molecule has 0 heterocycles. The molecule has 1 amide bonds. The standard InChI is InChI=1S/C26H21Cl2N3O5S2/c1-17-13-18(7-12-25(17)31-38(35,36)23-5-3-2-4-6-23)26(32)29-21-8-10-24(11-9-21)37(33,34)30-22-15-19(27)14-20(28)16-22/h2-16,30-31H,1H3,(H,29,32). The first-order chi connectivity index (χ1) is 17.9. The van der Waals surface area contributed by atoms with E-state index in [1.54, 1.807) is 31.2 Å². The Morgan fingerprint density at radius 1 is 0.658 bits per heavy atom. The number of halogens is 2. The summed E-state index contributed by atoms with van der Waals surface area (Å²) in [6.07, 6.45) is 0. The maximum atomic E-state index is 12.8. The summed E-state index contributed by atoms with van der Waals surface area (Å²) >= 11 is 11.9. The van der Waals surface area contributed by atoms with Crippen LogP contribution in [0, 0.1) is 6.92 Å². The molecule has 0 aromatic heterocycles. The van der Waals surface area contributed by atoms with E-state index in [-0.39, 0.29) is 25.5 Å². The summed E-state index contributed by atoms with van der Waals surface area (Å²) in [7, 11) is -7.70. The van der Waals surface area contributed by atoms with Gasteiger partial charge in [-0.05, 0) is 85.3 Å². The Hall–Kier alpha value is -3.57. The van der Waals surface area contributed by atoms with Gasteiger partial charge in [0.15, 0.2) is 0 Å². The van der Waals surface area contributed by atoms with Gasteiger partial charge in [0.25, 0.3) is 26.0 Å². The molecule has 0 unspecified atom stereocenters. The molecule has 0 aliphatic heterocycles. The minimum Gasteiger partial charge on any atom is -0.322 e. The number of rotatable bonds is 8. The van der Waals surface area contributed by atoms with Crippen LogP contribution in [0.5, 0.6) is 0 Å². The number of carbonyl (C=O) groups excluding carboxylic acids is 1. The monoisotopic (exact) mass is 589 g/mol. The first-order valence-electron chi connectivity index (χ1n) is 11.0. The number of hydrogen-bond donors (Lipinski definition) is 3. The summed E-state index contributed by atoms with van der Waals surface area (Å²) in [5.74, 6) is -0.451. The number of benzene rings is 4. The van der Waals surface area contributed by atoms with E-state index in [9.17, 15) is 21.6 Å². The van der Waals surface area contributed by atoms with Gasteiger partial charge in [-0.1, -0.05) is 41.4 Å². The van der Waals surface area contributed by atoms with Crippen LogP contribution in [0.3, 0.4) is 0 Å². The Morgan fingerprint density at radius 3 is 1.84 bits per heavy atom. The minimum absolute atomic E-state index is 0.0301. The average Bonchev–Trinajstić information content (AvgIpc) is 2.85. The number of carbonyl (C=O) groups is 1. The second kappa shape index (κ2) is 11.0. The smallest absolute Gasteiger partial charge is 0.261 e. The van der Waals surface area contributed by atoms with E-state index < -0.39 is 26.0 Å². The molecule has 0 aliphatic rings. The SMILES string of the molecule is Cc1cc(C(=O)Nc2ccc(S(=O)(=O)Nc3cc(Cl)cc(Cl)c3)cc2)ccc1NS(=O)(=O)c1ccccc1. The zero-order valence-corrected chi connectivity index (χ0v) is 22.9. The van der Waals surface area contributed by atoms with Crippen LogP contribution in [0.2, 0.25) is 10.0 Å². The third-order valence-electron chi connectivity index (χ3n) is 5.32. The van der Waals surface area contributed by atoms with E-state index in [0.29, 0.717) is 22.5 Å². The van der Waals surface area contributed by atoms with Gasteiger partial charge < -0.3 is 5.32 Å². The fourth-order valence-electron chi connectivity index (χ4n) is 3.47. The Labute approximate surface area is 230 Å². The van der Waals surface area contributed by atoms with Gasteiger partial charge in [-0.2, -0.15) is 0 Å². The molecule has 0 bridgehead atoms. The second-order valence-electron chi connectivity index (χ2n) is 8.19. The molecule has 0 fully saturated rings. The molecule has 38 heavy (non-hydrogen) atoms. The van der Waals surface area contributed by atoms with E-state index in [1.807, 2.05) is 0 Å². The Kier molecular flexibility index (Phi) is 7.98. The molecule has 8 nitrogen and oxygen atoms in total. The maximum absolute atomic E-state index is 12.8. The van der Waals surface area contributed by atoms with E-state index in [1.165, 1.54) is 66.7 Å². The van der Waals surface area contributed by atoms with Crippen molar-refractivity contribution in [2.24, 2.45) is 0 Å². The van der Waals surface area contributed by atoms with Gasteiger partial charge in [-0.3, -0.25) is 14.2 Å². The Balaban J connectivity index is 1.44. The van der Waals surface area contributed by atoms with E-state index >= 15 is 0 Å². The summed E-state index contributed by atoms with van der Waals surface area (Å²) in [6, 6.07) is 22.4. The van der Waals surface area contributed by atoms with Crippen molar-refractivity contribution in [3.8, 4) is 0 Å². The van der Waals surface area contributed by atoms with Gasteiger partial charge in [0.2, 0.25) is 0 Å². The van der Waals surface area contributed by atoms with Crippen molar-refractivity contribution >= 4 is 66.2 Å². The number of hydrogen-bond acceptors (Lipinski definition) is 5. The van der Waals surface area contributed by atoms with Crippen LogP contribution in [0.1, 0.15) is 15.9 Å². The molecule has 0 atom stereocenters. The predicted octanol–water partition coefficient (Wildman–Crippen LogP) is 6.16. The largest absolute Gasteiger partial charge is 0.322 e. The van der Waals surface area contributed by atoms with Crippen LogP contribution in [0.25, 0.3) is 0 Å². The number of aryl methyl sites for hydroxylation is 1. The fourth-order valence-corrected chi connectivity index (χ4v) is 6.19. The van der Waals surface area contributed by atoms with Crippen molar-refractivity contribution in [1.29, 1.82) is 0 Å². The zero-order valence-electron chi connectivity index (χ0n) is 19.8. The average molecular weight is 591 g/mol. The molecule has 0 saturated carbocycles. The lowest BCUT2D eigenvalue weighted by Crippen LogP contribution is -2.15. The van der Waals surface area contributed by atoms with Crippen molar-refractivity contribution in [3.63, 3.8) is 0 Å². The third kappa shape index (κ3) is 6.65. The molecule has 4 aromatic rings. The van der Waals surface area contributed by atoms with Gasteiger partial charge in [-0.25, -0.2) is 16.8 Å². The third-order valence-corrected chi connectivity index (χ3v) is 8.54. The highest BCUT2D eigenvalue weighted by Crippen LogP contribution is 2.26. The van der Waals surface area contributed by atoms with Crippen molar-refractivity contribution < 1.29 is 21.6 Å². The van der Waals surface area contributed by atoms with Gasteiger partial charge in [0.05, 0.1) is 21.2 Å². The predicted molar refractivity (Wildman–Crippen MR) is 150 cm³/mol. The second-order valence-corrected chi connectivity index (χ2v) is 12.4. The quantitative estimate of drug-likeness (QED) is 0.227. The number of amides is 1. The lowest BCUT2D eigenvalue weighted by Gasteiger charge is -2.13. The molecule has 0 aliphatic carbocycles.